The number of nitrogens with zero attached hydrogens (tertiary/aromatic N) is 1. The summed E-state index contributed by atoms with van der Waals surface area (Å²) in [5.41, 5.74) is -0.0912. The number of carbonyl (C=O) groups is 7. The molecule has 1 aromatic heterocycles. The van der Waals surface area contributed by atoms with Gasteiger partial charge in [-0.25, -0.2) is 9.36 Å². The number of anilines is 1. The highest BCUT2D eigenvalue weighted by Crippen LogP contribution is 2.43. The van der Waals surface area contributed by atoms with E-state index in [0.29, 0.717) is 24.0 Å². The number of aromatic nitrogens is 1. The van der Waals surface area contributed by atoms with Crippen molar-refractivity contribution in [3.8, 4) is 17.2 Å². The molecule has 0 aliphatic carbocycles. The largest absolute Gasteiger partial charge is 0.508 e. The predicted molar refractivity (Wildman–Crippen MR) is 424 cm³/mol. The zero-order valence-corrected chi connectivity index (χ0v) is 68.0. The maximum Gasteiger partial charge on any atom is 0.472 e. The number of hydrogen-bond acceptors (Lipinski definition) is 21. The third kappa shape index (κ3) is 50.9. The number of Topliss-reactive ketones (excluding diaryl/α,β-unsaturated/α-hetero) is 1. The lowest BCUT2D eigenvalue weighted by Gasteiger charge is -2.21. The van der Waals surface area contributed by atoms with E-state index < -0.39 is 74.3 Å². The molecule has 0 saturated heterocycles. The number of ether oxygens (including phenoxy) is 8. The number of phenolic OH excluding ortho intramolecular Hbond substituents is 2. The minimum absolute atomic E-state index is 0.00384. The van der Waals surface area contributed by atoms with E-state index in [9.17, 15) is 63.1 Å². The molecule has 8 N–H and O–H groups in total. The SMILES string of the molecule is CCCCCCCCCCCCCCCCCC(=O)OC[C@H](COP(=O)(O)OCCCC(=O)COCCOCCNC(=O)COCC(=O)NCCOCCOCCOc1c(C)cn(Cc2c(O)cccc2Cl)c(=O)c1NC(=O)N[C@@H](CC(=O)O)c1cccc(O)c1)OC(=O)CCCCCCCCCCCCCCCCC. The van der Waals surface area contributed by atoms with Gasteiger partial charge in [0.05, 0.1) is 78.5 Å². The standard InChI is InChI=1S/C81H131ClN5O23P/c1-4-6-8-10-12-14-16-18-20-22-24-26-28-30-32-42-76(95)107-60-68(110-77(96)43-33-31-29-27-25-23-21-19-17-15-13-11-9-7-5-2)61-109-111(99,100)108-46-36-39-67(89)59-104-52-51-102-48-45-84-74(92)63-105-62-73(91)83-44-47-101-49-50-103-53-54-106-79-64(3)57-87(58-69-70(82)40-35-41-72(69)90)80(97)78(79)86-81(98)85-71(56-75(93)94)65-37-34-38-66(88)55-65/h34-35,37-38,40-41,55,57,68,71,88,90H,4-33,36,39,42-54,56,58-63H2,1-3H3,(H,83,91)(H,84,92)(H,93,94)(H,99,100)(H2,85,86,98)/t68-,71+/m1/s1. The highest BCUT2D eigenvalue weighted by atomic mass is 35.5. The van der Waals surface area contributed by atoms with Crippen LogP contribution in [0.2, 0.25) is 5.02 Å². The number of phosphoric acid groups is 1. The molecule has 4 amide bonds. The van der Waals surface area contributed by atoms with Crippen molar-refractivity contribution in [3.05, 3.63) is 80.7 Å². The second-order valence-electron chi connectivity index (χ2n) is 27.9. The van der Waals surface area contributed by atoms with Crippen molar-refractivity contribution >= 4 is 66.6 Å². The summed E-state index contributed by atoms with van der Waals surface area (Å²) in [7, 11) is -4.66. The van der Waals surface area contributed by atoms with Gasteiger partial charge in [0.1, 0.15) is 44.5 Å². The van der Waals surface area contributed by atoms with Gasteiger partial charge in [-0.3, -0.25) is 42.6 Å². The minimum atomic E-state index is -4.66. The lowest BCUT2D eigenvalue weighted by atomic mass is 10.0. The molecule has 0 fully saturated rings. The normalized spacial score (nSPS) is 12.4. The van der Waals surface area contributed by atoms with Crippen LogP contribution in [-0.4, -0.2) is 178 Å². The Morgan fingerprint density at radius 3 is 1.57 bits per heavy atom. The topological polar surface area (TPSA) is 380 Å². The number of aliphatic carboxylic acids is 1. The minimum Gasteiger partial charge on any atom is -0.508 e. The number of urea groups is 1. The first-order valence-corrected chi connectivity index (χ1v) is 42.4. The zero-order chi connectivity index (χ0) is 80.8. The molecule has 2 aromatic carbocycles. The molecule has 0 radical (unpaired) electrons. The van der Waals surface area contributed by atoms with Crippen molar-refractivity contribution in [2.24, 2.45) is 0 Å². The average Bonchev–Trinajstić information content (AvgIpc) is 0.792. The van der Waals surface area contributed by atoms with Crippen LogP contribution in [0.4, 0.5) is 10.5 Å². The van der Waals surface area contributed by atoms with Crippen molar-refractivity contribution in [3.63, 3.8) is 0 Å². The third-order valence-electron chi connectivity index (χ3n) is 18.1. The lowest BCUT2D eigenvalue weighted by molar-refractivity contribution is -0.161. The summed E-state index contributed by atoms with van der Waals surface area (Å²) >= 11 is 6.34. The summed E-state index contributed by atoms with van der Waals surface area (Å²) in [6.07, 6.45) is 36.1. The fraction of sp³-hybridized carbons (Fsp3) is 0.704. The Morgan fingerprint density at radius 2 is 1.05 bits per heavy atom. The molecule has 0 spiro atoms. The number of phosphoric ester groups is 1. The smallest absolute Gasteiger partial charge is 0.472 e. The number of ketones is 1. The maximum atomic E-state index is 14.0. The number of esters is 2. The Bertz CT molecular complexity index is 3160. The number of aryl methyl sites for hydroxylation is 1. The van der Waals surface area contributed by atoms with Crippen LogP contribution in [0.5, 0.6) is 17.2 Å². The van der Waals surface area contributed by atoms with Crippen LogP contribution < -0.4 is 31.6 Å². The van der Waals surface area contributed by atoms with Gasteiger partial charge in [0.2, 0.25) is 11.8 Å². The maximum absolute atomic E-state index is 14.0. The Labute approximate surface area is 662 Å². The van der Waals surface area contributed by atoms with Gasteiger partial charge in [-0.1, -0.05) is 223 Å². The van der Waals surface area contributed by atoms with Gasteiger partial charge in [0.15, 0.2) is 23.3 Å². The van der Waals surface area contributed by atoms with E-state index in [-0.39, 0.29) is 171 Å². The summed E-state index contributed by atoms with van der Waals surface area (Å²) in [4.78, 5) is 112. The first kappa shape index (κ1) is 98.5. The molecule has 3 rings (SSSR count). The molecule has 630 valence electrons. The van der Waals surface area contributed by atoms with Gasteiger partial charge >= 0.3 is 31.8 Å². The highest BCUT2D eigenvalue weighted by molar-refractivity contribution is 7.47. The van der Waals surface area contributed by atoms with Crippen molar-refractivity contribution in [1.82, 2.24) is 20.5 Å². The van der Waals surface area contributed by atoms with Crippen molar-refractivity contribution in [2.45, 2.75) is 264 Å². The summed E-state index contributed by atoms with van der Waals surface area (Å²) in [6.45, 7) is 4.63. The molecule has 0 saturated carbocycles. The van der Waals surface area contributed by atoms with E-state index in [2.05, 4.69) is 35.1 Å². The number of carboxylic acids is 1. The predicted octanol–water partition coefficient (Wildman–Crippen LogP) is 14.8. The second kappa shape index (κ2) is 63.7. The molecule has 30 heteroatoms. The molecule has 1 unspecified atom stereocenters. The van der Waals surface area contributed by atoms with Crippen LogP contribution in [0.3, 0.4) is 0 Å². The molecule has 0 aliphatic heterocycles. The Kier molecular flexibility index (Phi) is 56.5. The zero-order valence-electron chi connectivity index (χ0n) is 66.4. The van der Waals surface area contributed by atoms with Crippen LogP contribution in [0, 0.1) is 6.92 Å². The van der Waals surface area contributed by atoms with Gasteiger partial charge < -0.3 is 83.9 Å². The number of halogens is 1. The van der Waals surface area contributed by atoms with Crippen LogP contribution in [-0.2, 0) is 82.1 Å². The highest BCUT2D eigenvalue weighted by Gasteiger charge is 2.28. The molecule has 28 nitrogen and oxygen atoms in total. The van der Waals surface area contributed by atoms with E-state index in [4.69, 9.17) is 58.5 Å². The molecule has 3 atom stereocenters. The summed E-state index contributed by atoms with van der Waals surface area (Å²) in [6, 6.07) is 8.15. The molecular formula is C81H131ClN5O23P. The molecule has 0 aliphatic rings. The summed E-state index contributed by atoms with van der Waals surface area (Å²) in [5, 5.41) is 40.5. The number of carbonyl (C=O) groups excluding carboxylic acids is 6. The quantitative estimate of drug-likeness (QED) is 0.0148. The van der Waals surface area contributed by atoms with E-state index >= 15 is 0 Å². The number of phenols is 2. The number of rotatable bonds is 72. The molecule has 111 heavy (non-hydrogen) atoms. The van der Waals surface area contributed by atoms with Crippen molar-refractivity contribution < 1.29 is 105 Å². The number of aromatic hydroxyl groups is 2. The number of amides is 4. The number of benzene rings is 2. The van der Waals surface area contributed by atoms with E-state index in [1.165, 1.54) is 182 Å². The number of pyridine rings is 1. The molecule has 1 heterocycles. The van der Waals surface area contributed by atoms with Crippen molar-refractivity contribution in [2.75, 3.05) is 111 Å². The van der Waals surface area contributed by atoms with Crippen molar-refractivity contribution in [1.29, 1.82) is 0 Å². The first-order chi connectivity index (χ1) is 53.7. The molecule has 3 aromatic rings. The number of unbranched alkanes of at least 4 members (excludes halogenated alkanes) is 28. The molecular weight excluding hydrogens is 1480 g/mol. The van der Waals surface area contributed by atoms with Gasteiger partial charge in [0.25, 0.3) is 5.56 Å². The van der Waals surface area contributed by atoms with Gasteiger partial charge in [0, 0.05) is 54.7 Å². The number of hydrogen-bond donors (Lipinski definition) is 8. The van der Waals surface area contributed by atoms with E-state index in [0.717, 1.165) is 38.5 Å². The summed E-state index contributed by atoms with van der Waals surface area (Å²) < 4.78 is 68.6. The van der Waals surface area contributed by atoms with Crippen LogP contribution in [0.1, 0.15) is 261 Å². The second-order valence-corrected chi connectivity index (χ2v) is 29.8. The first-order valence-electron chi connectivity index (χ1n) is 40.5. The lowest BCUT2D eigenvalue weighted by Crippen LogP contribution is -2.36. The van der Waals surface area contributed by atoms with Crippen LogP contribution >= 0.6 is 19.4 Å². The van der Waals surface area contributed by atoms with Gasteiger partial charge in [-0.15, -0.1) is 0 Å². The van der Waals surface area contributed by atoms with Crippen LogP contribution in [0.25, 0.3) is 0 Å². The monoisotopic (exact) mass is 1610 g/mol. The van der Waals surface area contributed by atoms with E-state index in [1.54, 1.807) is 19.1 Å². The van der Waals surface area contributed by atoms with Gasteiger partial charge in [-0.05, 0) is 56.0 Å². The third-order valence-corrected chi connectivity index (χ3v) is 19.4. The number of carboxylic acid groups (broad SMARTS) is 1. The average molecular weight is 1610 g/mol. The van der Waals surface area contributed by atoms with Crippen LogP contribution in [0.15, 0.2) is 53.5 Å². The molecule has 0 bridgehead atoms. The number of nitrogens with one attached hydrogen (secondary N) is 4. The van der Waals surface area contributed by atoms with Gasteiger partial charge in [-0.2, -0.15) is 0 Å². The Balaban J connectivity index is 1.25. The summed E-state index contributed by atoms with van der Waals surface area (Å²) in [5.74, 6) is -3.77. The Hall–Kier alpha value is -6.72. The Morgan fingerprint density at radius 1 is 0.550 bits per heavy atom. The fourth-order valence-electron chi connectivity index (χ4n) is 12.0. The van der Waals surface area contributed by atoms with E-state index in [1.807, 2.05) is 0 Å². The fourth-order valence-corrected chi connectivity index (χ4v) is 13.0.